The Hall–Kier alpha value is 0.485. The van der Waals surface area contributed by atoms with E-state index in [0.717, 1.165) is 19.3 Å². The number of hydrogen-bond donors (Lipinski definition) is 2. The van der Waals surface area contributed by atoms with Crippen molar-refractivity contribution in [3.63, 3.8) is 0 Å². The maximum Gasteiger partial charge on any atom is 0.708 e. The molecule has 0 spiro atoms. The molecule has 0 fully saturated rings. The van der Waals surface area contributed by atoms with Crippen LogP contribution in [0.3, 0.4) is 0 Å². The molecule has 0 bridgehead atoms. The van der Waals surface area contributed by atoms with E-state index in [1.54, 1.807) is 6.07 Å². The van der Waals surface area contributed by atoms with Gasteiger partial charge in [0.1, 0.15) is 0 Å². The Morgan fingerprint density at radius 1 is 1.43 bits per heavy atom. The second kappa shape index (κ2) is 7.73. The fraction of sp³-hybridized carbons (Fsp3) is 0.500. The Kier molecular flexibility index (Phi) is 8.00. The summed E-state index contributed by atoms with van der Waals surface area (Å²) >= 11 is 1.46. The van der Waals surface area contributed by atoms with Gasteiger partial charge in [-0.15, -0.1) is 11.3 Å². The van der Waals surface area contributed by atoms with Crippen molar-refractivity contribution < 1.29 is 14.7 Å². The van der Waals surface area contributed by atoms with Crippen molar-refractivity contribution in [2.45, 2.75) is 26.2 Å². The Morgan fingerprint density at radius 2 is 2.14 bits per heavy atom. The monoisotopic (exact) mass is 223 g/mol. The van der Waals surface area contributed by atoms with E-state index in [1.807, 2.05) is 6.07 Å². The zero-order chi connectivity index (χ0) is 9.68. The quantitative estimate of drug-likeness (QED) is 0.733. The molecule has 1 aromatic rings. The molecule has 0 amide bonds. The smallest absolute Gasteiger partial charge is 0.504 e. The van der Waals surface area contributed by atoms with Gasteiger partial charge < -0.3 is 14.7 Å². The van der Waals surface area contributed by atoms with Crippen molar-refractivity contribution in [1.82, 2.24) is 0 Å². The Balaban J connectivity index is 0.00000169. The predicted octanol–water partition coefficient (Wildman–Crippen LogP) is 1.06. The van der Waals surface area contributed by atoms with Crippen molar-refractivity contribution in [3.05, 3.63) is 17.0 Å². The van der Waals surface area contributed by atoms with Crippen molar-refractivity contribution in [1.29, 1.82) is 0 Å². The Labute approximate surface area is 111 Å². The van der Waals surface area contributed by atoms with Gasteiger partial charge in [0.25, 0.3) is 0 Å². The molecule has 14 heavy (non-hydrogen) atoms. The van der Waals surface area contributed by atoms with Crippen LogP contribution in [0.4, 0.5) is 0 Å². The average molecular weight is 223 g/mol. The van der Waals surface area contributed by atoms with Gasteiger partial charge in [0.2, 0.25) is 0 Å². The van der Waals surface area contributed by atoms with Gasteiger partial charge in [0.15, 0.2) is 5.06 Å². The van der Waals surface area contributed by atoms with Crippen LogP contribution in [0.15, 0.2) is 12.1 Å². The molecular weight excluding hydrogens is 210 g/mol. The van der Waals surface area contributed by atoms with Crippen molar-refractivity contribution in [2.24, 2.45) is 0 Å². The van der Waals surface area contributed by atoms with Crippen LogP contribution in [0.2, 0.25) is 0 Å². The van der Waals surface area contributed by atoms with E-state index in [-0.39, 0.29) is 29.6 Å². The van der Waals surface area contributed by atoms with Crippen LogP contribution in [0.25, 0.3) is 0 Å². The topological polar surface area (TPSA) is 49.7 Å². The van der Waals surface area contributed by atoms with E-state index in [9.17, 15) is 0 Å². The molecule has 1 radical (unpaired) electrons. The van der Waals surface area contributed by atoms with Gasteiger partial charge in [0, 0.05) is 34.4 Å². The maximum atomic E-state index is 8.53. The second-order valence-electron chi connectivity index (χ2n) is 2.77. The van der Waals surface area contributed by atoms with E-state index in [1.165, 1.54) is 16.2 Å². The molecule has 0 unspecified atom stereocenters. The van der Waals surface area contributed by atoms with Crippen LogP contribution in [0.1, 0.15) is 24.6 Å². The van der Waals surface area contributed by atoms with E-state index >= 15 is 0 Å². The summed E-state index contributed by atoms with van der Waals surface area (Å²) in [5, 5.41) is 17.6. The van der Waals surface area contributed by atoms with Crippen LogP contribution in [-0.4, -0.2) is 46.9 Å². The molecule has 1 rings (SSSR count). The number of hydrogen-bond acceptors (Lipinski definition) is 4. The Bertz CT molecular complexity index is 254. The van der Waals surface area contributed by atoms with Gasteiger partial charge in [-0.1, -0.05) is 13.3 Å². The summed E-state index contributed by atoms with van der Waals surface area (Å²) < 4.78 is 4.70. The zero-order valence-electron chi connectivity index (χ0n) is 8.56. The fourth-order valence-electron chi connectivity index (χ4n) is 1.01. The molecule has 1 heterocycles. The molecule has 0 atom stereocenters. The third-order valence-corrected chi connectivity index (χ3v) is 2.67. The minimum absolute atomic E-state index is 0. The minimum atomic E-state index is -1.71. The predicted molar refractivity (Wildman–Crippen MR) is 59.5 cm³/mol. The average Bonchev–Trinajstić information content (AvgIpc) is 2.48. The maximum absolute atomic E-state index is 8.53. The molecule has 0 saturated heterocycles. The van der Waals surface area contributed by atoms with E-state index in [2.05, 4.69) is 6.92 Å². The molecule has 3 nitrogen and oxygen atoms in total. The first kappa shape index (κ1) is 14.5. The van der Waals surface area contributed by atoms with Gasteiger partial charge in [0.05, 0.1) is 0 Å². The number of rotatable bonds is 5. The van der Waals surface area contributed by atoms with Crippen LogP contribution >= 0.6 is 11.3 Å². The first-order chi connectivity index (χ1) is 6.22. The minimum Gasteiger partial charge on any atom is -0.504 e. The van der Waals surface area contributed by atoms with Crippen molar-refractivity contribution in [3.8, 4) is 5.06 Å². The van der Waals surface area contributed by atoms with Gasteiger partial charge in [-0.2, -0.15) is 0 Å². The molecular formula is C8H13BNaO3S. The van der Waals surface area contributed by atoms with Crippen molar-refractivity contribution >= 4 is 48.2 Å². The number of thiophene rings is 1. The molecule has 0 saturated carbocycles. The zero-order valence-corrected chi connectivity index (χ0v) is 11.4. The molecule has 6 heteroatoms. The molecule has 0 aliphatic carbocycles. The first-order valence-electron chi connectivity index (χ1n) is 4.34. The summed E-state index contributed by atoms with van der Waals surface area (Å²) in [6, 6.07) is 3.72. The van der Waals surface area contributed by atoms with E-state index in [0.29, 0.717) is 5.06 Å². The summed E-state index contributed by atoms with van der Waals surface area (Å²) in [6.07, 6.45) is 3.35. The molecule has 0 aliphatic heterocycles. The number of aryl methyl sites for hydroxylation is 1. The summed E-state index contributed by atoms with van der Waals surface area (Å²) in [5.41, 5.74) is 0. The van der Waals surface area contributed by atoms with Crippen molar-refractivity contribution in [2.75, 3.05) is 0 Å². The molecule has 0 aliphatic rings. The van der Waals surface area contributed by atoms with Gasteiger partial charge >= 0.3 is 7.32 Å². The van der Waals surface area contributed by atoms with Crippen LogP contribution in [0, 0.1) is 0 Å². The van der Waals surface area contributed by atoms with Gasteiger partial charge in [-0.05, 0) is 25.0 Å². The van der Waals surface area contributed by atoms with Crippen LogP contribution < -0.4 is 4.65 Å². The summed E-state index contributed by atoms with van der Waals surface area (Å²) in [6.45, 7) is 2.14. The fourth-order valence-corrected chi connectivity index (χ4v) is 1.92. The van der Waals surface area contributed by atoms with Gasteiger partial charge in [-0.25, -0.2) is 0 Å². The summed E-state index contributed by atoms with van der Waals surface area (Å²) in [5.74, 6) is 0. The molecule has 73 valence electrons. The van der Waals surface area contributed by atoms with Gasteiger partial charge in [-0.3, -0.25) is 0 Å². The largest absolute Gasteiger partial charge is 0.708 e. The van der Waals surface area contributed by atoms with Crippen LogP contribution in [-0.2, 0) is 6.42 Å². The first-order valence-corrected chi connectivity index (χ1v) is 5.15. The Morgan fingerprint density at radius 3 is 2.71 bits per heavy atom. The van der Waals surface area contributed by atoms with E-state index < -0.39 is 7.32 Å². The SMILES string of the molecule is CCCCc1ccc(OB(O)O)s1.[Na]. The molecule has 1 aromatic heterocycles. The normalized spacial score (nSPS) is 9.36. The molecule has 0 aromatic carbocycles. The third kappa shape index (κ3) is 5.39. The molecule has 2 N–H and O–H groups in total. The van der Waals surface area contributed by atoms with E-state index in [4.69, 9.17) is 14.7 Å². The summed E-state index contributed by atoms with van der Waals surface area (Å²) in [4.78, 5) is 1.22. The number of unbranched alkanes of at least 4 members (excludes halogenated alkanes) is 1. The standard InChI is InChI=1S/C8H13BO3S.Na/c1-2-3-4-7-5-6-8(13-7)12-9(10)11;/h5-6,10-11H,2-4H2,1H3;. The second-order valence-corrected chi connectivity index (χ2v) is 3.90. The third-order valence-electron chi connectivity index (χ3n) is 1.64. The summed E-state index contributed by atoms with van der Waals surface area (Å²) in [7, 11) is -1.71. The van der Waals surface area contributed by atoms with Crippen LogP contribution in [0.5, 0.6) is 5.06 Å².